The molecule has 0 amide bonds. The Morgan fingerprint density at radius 1 is 1.30 bits per heavy atom. The smallest absolute Gasteiger partial charge is 0.193 e. The first-order valence-corrected chi connectivity index (χ1v) is 2.97. The van der Waals surface area contributed by atoms with Gasteiger partial charge in [0.2, 0.25) is 0 Å². The van der Waals surface area contributed by atoms with Gasteiger partial charge in [0.1, 0.15) is 0 Å². The number of carbonyl (C=O) groups excluding carboxylic acids is 1. The molecule has 1 aromatic rings. The molecule has 0 aliphatic carbocycles. The molecule has 0 saturated heterocycles. The first-order chi connectivity index (χ1) is 4.84. The number of ketones is 1. The summed E-state index contributed by atoms with van der Waals surface area (Å²) in [5.41, 5.74) is 0.637. The predicted octanol–water partition coefficient (Wildman–Crippen LogP) is 1.86. The maximum atomic E-state index is 10.8. The van der Waals surface area contributed by atoms with Gasteiger partial charge in [0.05, 0.1) is 0 Å². The van der Waals surface area contributed by atoms with Gasteiger partial charge < -0.3 is 0 Å². The molecule has 0 fully saturated rings. The van der Waals surface area contributed by atoms with Crippen LogP contribution in [-0.4, -0.2) is 5.78 Å². The number of Topliss-reactive ketones (excluding diaryl/α,β-unsaturated/α-hetero) is 1. The lowest BCUT2D eigenvalue weighted by molar-refractivity contribution is 0.104. The molecule has 1 aromatic carbocycles. The van der Waals surface area contributed by atoms with Gasteiger partial charge in [-0.3, -0.25) is 4.79 Å². The van der Waals surface area contributed by atoms with E-state index in [0.717, 1.165) is 0 Å². The third-order valence-electron chi connectivity index (χ3n) is 1.20. The molecular formula is C9H7O. The summed E-state index contributed by atoms with van der Waals surface area (Å²) in [4.78, 5) is 10.8. The molecule has 0 unspecified atom stereocenters. The van der Waals surface area contributed by atoms with Crippen molar-refractivity contribution in [3.63, 3.8) is 0 Å². The number of allylic oxidation sites excluding steroid dienone is 1. The maximum absolute atomic E-state index is 10.8. The van der Waals surface area contributed by atoms with Crippen molar-refractivity contribution >= 4 is 5.78 Å². The third-order valence-corrected chi connectivity index (χ3v) is 1.20. The molecule has 0 spiro atoms. The first kappa shape index (κ1) is 6.75. The Balaban J connectivity index is 2.95. The van der Waals surface area contributed by atoms with Crippen LogP contribution < -0.4 is 0 Å². The van der Waals surface area contributed by atoms with Gasteiger partial charge >= 0.3 is 0 Å². The molecule has 0 heterocycles. The van der Waals surface area contributed by atoms with Gasteiger partial charge in [-0.1, -0.05) is 36.9 Å². The van der Waals surface area contributed by atoms with Crippen molar-refractivity contribution < 1.29 is 4.79 Å². The van der Waals surface area contributed by atoms with E-state index in [1.165, 1.54) is 0 Å². The minimum Gasteiger partial charge on any atom is -0.289 e. The lowest BCUT2D eigenvalue weighted by Crippen LogP contribution is -1.91. The molecule has 0 N–H and O–H groups in total. The molecule has 0 aromatic heterocycles. The summed E-state index contributed by atoms with van der Waals surface area (Å²) in [7, 11) is 0. The Morgan fingerprint density at radius 2 is 1.90 bits per heavy atom. The molecule has 10 heavy (non-hydrogen) atoms. The second-order valence-corrected chi connectivity index (χ2v) is 1.87. The maximum Gasteiger partial charge on any atom is 0.193 e. The van der Waals surface area contributed by atoms with Crippen LogP contribution in [0.3, 0.4) is 0 Å². The molecule has 0 atom stereocenters. The average molecular weight is 131 g/mol. The van der Waals surface area contributed by atoms with Crippen LogP contribution in [-0.2, 0) is 0 Å². The van der Waals surface area contributed by atoms with Crippen LogP contribution in [0.5, 0.6) is 0 Å². The predicted molar refractivity (Wildman–Crippen MR) is 39.6 cm³/mol. The van der Waals surface area contributed by atoms with Crippen molar-refractivity contribution in [3.8, 4) is 0 Å². The molecule has 1 heteroatoms. The van der Waals surface area contributed by atoms with E-state index in [9.17, 15) is 4.79 Å². The van der Waals surface area contributed by atoms with E-state index < -0.39 is 0 Å². The summed E-state index contributed by atoms with van der Waals surface area (Å²) in [5.74, 6) is -0.152. The van der Waals surface area contributed by atoms with Crippen molar-refractivity contribution in [2.75, 3.05) is 0 Å². The zero-order chi connectivity index (χ0) is 7.40. The van der Waals surface area contributed by atoms with Gasteiger partial charge in [-0.25, -0.2) is 0 Å². The van der Waals surface area contributed by atoms with Crippen LogP contribution in [0, 0.1) is 6.08 Å². The molecule has 0 aliphatic heterocycles. The van der Waals surface area contributed by atoms with E-state index >= 15 is 0 Å². The summed E-state index contributed by atoms with van der Waals surface area (Å²) in [6.07, 6.45) is 2.29. The molecule has 1 radical (unpaired) electrons. The summed E-state index contributed by atoms with van der Waals surface area (Å²) >= 11 is 0. The fraction of sp³-hybridized carbons (Fsp3) is 0. The quantitative estimate of drug-likeness (QED) is 0.442. The van der Waals surface area contributed by atoms with E-state index in [-0.39, 0.29) is 5.78 Å². The third kappa shape index (κ3) is 1.32. The van der Waals surface area contributed by atoms with Gasteiger partial charge in [-0.05, 0) is 0 Å². The van der Waals surface area contributed by atoms with Crippen LogP contribution in [0.1, 0.15) is 10.4 Å². The van der Waals surface area contributed by atoms with Crippen LogP contribution in [0.25, 0.3) is 0 Å². The Morgan fingerprint density at radius 3 is 2.40 bits per heavy atom. The van der Waals surface area contributed by atoms with Gasteiger partial charge in [0.25, 0.3) is 0 Å². The number of hydrogen-bond acceptors (Lipinski definition) is 1. The lowest BCUT2D eigenvalue weighted by Gasteiger charge is -1.90. The van der Waals surface area contributed by atoms with E-state index in [2.05, 4.69) is 12.7 Å². The highest BCUT2D eigenvalue weighted by Crippen LogP contribution is 1.98. The van der Waals surface area contributed by atoms with E-state index in [1.807, 2.05) is 18.2 Å². The minimum absolute atomic E-state index is 0.152. The zero-order valence-electron chi connectivity index (χ0n) is 5.50. The Hall–Kier alpha value is -1.37. The second-order valence-electron chi connectivity index (χ2n) is 1.87. The largest absolute Gasteiger partial charge is 0.289 e. The van der Waals surface area contributed by atoms with Crippen molar-refractivity contribution in [2.45, 2.75) is 0 Å². The molecule has 0 bridgehead atoms. The van der Waals surface area contributed by atoms with Crippen LogP contribution >= 0.6 is 0 Å². The number of hydrogen-bond donors (Lipinski definition) is 0. The van der Waals surface area contributed by atoms with E-state index in [1.54, 1.807) is 12.1 Å². The summed E-state index contributed by atoms with van der Waals surface area (Å²) in [6, 6.07) is 8.95. The van der Waals surface area contributed by atoms with E-state index in [4.69, 9.17) is 0 Å². The van der Waals surface area contributed by atoms with E-state index in [0.29, 0.717) is 5.56 Å². The van der Waals surface area contributed by atoms with Crippen LogP contribution in [0.2, 0.25) is 0 Å². The highest BCUT2D eigenvalue weighted by atomic mass is 16.1. The van der Waals surface area contributed by atoms with Crippen molar-refractivity contribution in [1.29, 1.82) is 0 Å². The highest BCUT2D eigenvalue weighted by Gasteiger charge is 1.96. The molecule has 49 valence electrons. The number of carbonyl (C=O) groups is 1. The molecule has 0 saturated carbocycles. The Kier molecular flexibility index (Phi) is 2.00. The van der Waals surface area contributed by atoms with Crippen molar-refractivity contribution in [2.24, 2.45) is 0 Å². The molecule has 1 rings (SSSR count). The topological polar surface area (TPSA) is 17.1 Å². The summed E-state index contributed by atoms with van der Waals surface area (Å²) < 4.78 is 0. The average Bonchev–Trinajstić information content (AvgIpc) is 2.05. The van der Waals surface area contributed by atoms with Crippen molar-refractivity contribution in [1.82, 2.24) is 0 Å². The monoisotopic (exact) mass is 131 g/mol. The number of rotatable bonds is 2. The van der Waals surface area contributed by atoms with Gasteiger partial charge in [-0.15, -0.1) is 0 Å². The van der Waals surface area contributed by atoms with Crippen LogP contribution in [0.15, 0.2) is 36.9 Å². The fourth-order valence-corrected chi connectivity index (χ4v) is 0.692. The number of benzene rings is 1. The standard InChI is InChI=1S/C9H7O/c1-2-9(10)8-6-4-3-5-7-8/h3-7H,1H2. The lowest BCUT2D eigenvalue weighted by atomic mass is 10.1. The van der Waals surface area contributed by atoms with Crippen LogP contribution in [0.4, 0.5) is 0 Å². The first-order valence-electron chi connectivity index (χ1n) is 2.97. The minimum atomic E-state index is -0.152. The second kappa shape index (κ2) is 2.97. The van der Waals surface area contributed by atoms with Crippen molar-refractivity contribution in [3.05, 3.63) is 48.6 Å². The molecule has 1 nitrogen and oxygen atoms in total. The zero-order valence-corrected chi connectivity index (χ0v) is 5.50. The van der Waals surface area contributed by atoms with Gasteiger partial charge in [-0.2, -0.15) is 0 Å². The Bertz CT molecular complexity index is 236. The Labute approximate surface area is 60.0 Å². The molecule has 0 aliphatic rings. The van der Waals surface area contributed by atoms with Gasteiger partial charge in [0, 0.05) is 11.6 Å². The normalized spacial score (nSPS) is 8.80. The fourth-order valence-electron chi connectivity index (χ4n) is 0.692. The SMILES string of the molecule is C=[C]C(=O)c1ccccc1. The highest BCUT2D eigenvalue weighted by molar-refractivity contribution is 6.01. The summed E-state index contributed by atoms with van der Waals surface area (Å²) in [5, 5.41) is 0. The summed E-state index contributed by atoms with van der Waals surface area (Å²) in [6.45, 7) is 3.26. The van der Waals surface area contributed by atoms with Gasteiger partial charge in [0.15, 0.2) is 5.78 Å². The molecular weight excluding hydrogens is 124 g/mol.